The van der Waals surface area contributed by atoms with Crippen LogP contribution < -0.4 is 10.6 Å². The minimum absolute atomic E-state index is 0.0655. The molecule has 1 unspecified atom stereocenters. The van der Waals surface area contributed by atoms with Crippen LogP contribution in [0.1, 0.15) is 61.3 Å². The number of carbonyl (C=O) groups excluding carboxylic acids is 5. The fourth-order valence-corrected chi connectivity index (χ4v) is 2.72. The number of carbonyl (C=O) groups is 5. The summed E-state index contributed by atoms with van der Waals surface area (Å²) in [6, 6.07) is 5.84. The van der Waals surface area contributed by atoms with E-state index < -0.39 is 41.4 Å². The predicted octanol–water partition coefficient (Wildman–Crippen LogP) is 1.62. The SMILES string of the molecule is CC(OC(=O)CCCN1C(=O)c2ccccc2C1=O)C(=O)NC(=O)NC(C)(C)C. The van der Waals surface area contributed by atoms with Crippen LogP contribution in [0.5, 0.6) is 0 Å². The lowest BCUT2D eigenvalue weighted by Crippen LogP contribution is -2.50. The van der Waals surface area contributed by atoms with Crippen LogP contribution in [0.3, 0.4) is 0 Å². The van der Waals surface area contributed by atoms with Gasteiger partial charge in [0.25, 0.3) is 17.7 Å². The van der Waals surface area contributed by atoms with Crippen LogP contribution in [0.25, 0.3) is 0 Å². The topological polar surface area (TPSA) is 122 Å². The first-order valence-electron chi connectivity index (χ1n) is 9.27. The lowest BCUT2D eigenvalue weighted by atomic mass is 10.1. The zero-order valence-electron chi connectivity index (χ0n) is 16.9. The first-order valence-corrected chi connectivity index (χ1v) is 9.27. The van der Waals surface area contributed by atoms with Crippen molar-refractivity contribution in [3.63, 3.8) is 0 Å². The summed E-state index contributed by atoms with van der Waals surface area (Å²) in [5, 5.41) is 4.66. The maximum absolute atomic E-state index is 12.2. The average Bonchev–Trinajstić information content (AvgIpc) is 2.85. The van der Waals surface area contributed by atoms with Crippen molar-refractivity contribution in [3.8, 4) is 0 Å². The van der Waals surface area contributed by atoms with Gasteiger partial charge >= 0.3 is 12.0 Å². The average molecular weight is 403 g/mol. The summed E-state index contributed by atoms with van der Waals surface area (Å²) in [6.07, 6.45) is -1.05. The van der Waals surface area contributed by atoms with Crippen LogP contribution in [-0.2, 0) is 14.3 Å². The summed E-state index contributed by atoms with van der Waals surface area (Å²) in [7, 11) is 0. The first-order chi connectivity index (χ1) is 13.5. The minimum atomic E-state index is -1.16. The molecule has 1 heterocycles. The maximum Gasteiger partial charge on any atom is 0.321 e. The summed E-state index contributed by atoms with van der Waals surface area (Å²) in [5.74, 6) is -2.20. The molecule has 2 rings (SSSR count). The highest BCUT2D eigenvalue weighted by Gasteiger charge is 2.34. The van der Waals surface area contributed by atoms with E-state index in [9.17, 15) is 24.0 Å². The first kappa shape index (κ1) is 22.1. The van der Waals surface area contributed by atoms with Crippen molar-refractivity contribution in [3.05, 3.63) is 35.4 Å². The Morgan fingerprint density at radius 3 is 2.14 bits per heavy atom. The molecule has 5 amide bonds. The van der Waals surface area contributed by atoms with E-state index in [0.29, 0.717) is 11.1 Å². The molecule has 1 aromatic rings. The quantitative estimate of drug-likeness (QED) is 0.550. The summed E-state index contributed by atoms with van der Waals surface area (Å²) in [4.78, 5) is 61.1. The molecule has 1 aliphatic heterocycles. The Labute approximate surface area is 168 Å². The molecule has 1 atom stereocenters. The van der Waals surface area contributed by atoms with Gasteiger partial charge in [0.15, 0.2) is 6.10 Å². The molecule has 0 bridgehead atoms. The van der Waals surface area contributed by atoms with E-state index >= 15 is 0 Å². The minimum Gasteiger partial charge on any atom is -0.453 e. The molecule has 0 saturated carbocycles. The summed E-state index contributed by atoms with van der Waals surface area (Å²) >= 11 is 0. The van der Waals surface area contributed by atoms with E-state index in [1.807, 2.05) is 0 Å². The maximum atomic E-state index is 12.2. The number of nitrogens with one attached hydrogen (secondary N) is 2. The number of fused-ring (bicyclic) bond motifs is 1. The van der Waals surface area contributed by atoms with Crippen LogP contribution in [0.15, 0.2) is 24.3 Å². The fraction of sp³-hybridized carbons (Fsp3) is 0.450. The van der Waals surface area contributed by atoms with E-state index in [0.717, 1.165) is 4.90 Å². The molecule has 9 nitrogen and oxygen atoms in total. The van der Waals surface area contributed by atoms with E-state index in [1.165, 1.54) is 6.92 Å². The van der Waals surface area contributed by atoms with Crippen molar-refractivity contribution in [1.29, 1.82) is 0 Å². The molecule has 29 heavy (non-hydrogen) atoms. The Morgan fingerprint density at radius 2 is 1.62 bits per heavy atom. The Kier molecular flexibility index (Phi) is 6.73. The van der Waals surface area contributed by atoms with Gasteiger partial charge in [0.2, 0.25) is 0 Å². The van der Waals surface area contributed by atoms with Gasteiger partial charge in [-0.3, -0.25) is 29.4 Å². The summed E-state index contributed by atoms with van der Waals surface area (Å²) in [6.45, 7) is 6.69. The number of urea groups is 1. The highest BCUT2D eigenvalue weighted by Crippen LogP contribution is 2.22. The zero-order valence-corrected chi connectivity index (χ0v) is 16.9. The molecule has 1 aromatic carbocycles. The molecule has 0 aliphatic carbocycles. The molecule has 0 aromatic heterocycles. The molecular weight excluding hydrogens is 378 g/mol. The Bertz CT molecular complexity index is 808. The molecule has 0 saturated heterocycles. The Balaban J connectivity index is 1.76. The number of nitrogens with zero attached hydrogens (tertiary/aromatic N) is 1. The van der Waals surface area contributed by atoms with Crippen LogP contribution in [0, 0.1) is 0 Å². The molecule has 156 valence electrons. The monoisotopic (exact) mass is 403 g/mol. The Hall–Kier alpha value is -3.23. The second-order valence-corrected chi connectivity index (χ2v) is 7.74. The van der Waals surface area contributed by atoms with Crippen LogP contribution in [-0.4, -0.2) is 52.8 Å². The standard InChI is InChI=1S/C20H25N3O6/c1-12(16(25)21-19(28)22-20(2,3)4)29-15(24)10-7-11-23-17(26)13-8-5-6-9-14(13)18(23)27/h5-6,8-9,12H,7,10-11H2,1-4H3,(H2,21,22,25,28). The number of imide groups is 2. The van der Waals surface area contributed by atoms with Gasteiger partial charge in [0, 0.05) is 18.5 Å². The number of ether oxygens (including phenoxy) is 1. The number of hydrogen-bond donors (Lipinski definition) is 2. The van der Waals surface area contributed by atoms with Crippen molar-refractivity contribution >= 4 is 29.7 Å². The zero-order chi connectivity index (χ0) is 21.8. The van der Waals surface area contributed by atoms with Gasteiger partial charge in [0.1, 0.15) is 0 Å². The van der Waals surface area contributed by atoms with E-state index in [-0.39, 0.29) is 19.4 Å². The van der Waals surface area contributed by atoms with Gasteiger partial charge in [-0.15, -0.1) is 0 Å². The number of esters is 1. The molecule has 0 radical (unpaired) electrons. The van der Waals surface area contributed by atoms with Gasteiger partial charge in [0.05, 0.1) is 11.1 Å². The van der Waals surface area contributed by atoms with Crippen LogP contribution >= 0.6 is 0 Å². The van der Waals surface area contributed by atoms with Crippen molar-refractivity contribution < 1.29 is 28.7 Å². The smallest absolute Gasteiger partial charge is 0.321 e. The van der Waals surface area contributed by atoms with Crippen molar-refractivity contribution in [2.45, 2.75) is 52.2 Å². The van der Waals surface area contributed by atoms with Crippen molar-refractivity contribution in [2.75, 3.05) is 6.54 Å². The molecule has 9 heteroatoms. The summed E-state index contributed by atoms with van der Waals surface area (Å²) in [5.41, 5.74) is 0.173. The third-order valence-corrected chi connectivity index (χ3v) is 4.04. The third kappa shape index (κ3) is 5.87. The number of rotatable bonds is 6. The highest BCUT2D eigenvalue weighted by atomic mass is 16.5. The van der Waals surface area contributed by atoms with Crippen LogP contribution in [0.4, 0.5) is 4.79 Å². The molecular formula is C20H25N3O6. The van der Waals surface area contributed by atoms with E-state index in [1.54, 1.807) is 45.0 Å². The van der Waals surface area contributed by atoms with Gasteiger partial charge < -0.3 is 10.1 Å². The van der Waals surface area contributed by atoms with Gasteiger partial charge in [-0.1, -0.05) is 12.1 Å². The third-order valence-electron chi connectivity index (χ3n) is 4.04. The van der Waals surface area contributed by atoms with Crippen molar-refractivity contribution in [1.82, 2.24) is 15.5 Å². The van der Waals surface area contributed by atoms with Gasteiger partial charge in [-0.2, -0.15) is 0 Å². The largest absolute Gasteiger partial charge is 0.453 e. The highest BCUT2D eigenvalue weighted by molar-refractivity contribution is 6.21. The number of hydrogen-bond acceptors (Lipinski definition) is 6. The second kappa shape index (κ2) is 8.85. The summed E-state index contributed by atoms with van der Waals surface area (Å²) < 4.78 is 5.00. The normalized spacial score (nSPS) is 14.3. The number of benzene rings is 1. The predicted molar refractivity (Wildman–Crippen MR) is 103 cm³/mol. The lowest BCUT2D eigenvalue weighted by molar-refractivity contribution is -0.154. The van der Waals surface area contributed by atoms with Crippen molar-refractivity contribution in [2.24, 2.45) is 0 Å². The lowest BCUT2D eigenvalue weighted by Gasteiger charge is -2.21. The van der Waals surface area contributed by atoms with E-state index in [2.05, 4.69) is 10.6 Å². The van der Waals surface area contributed by atoms with Gasteiger partial charge in [-0.05, 0) is 46.2 Å². The fourth-order valence-electron chi connectivity index (χ4n) is 2.72. The number of amides is 5. The molecule has 0 spiro atoms. The van der Waals surface area contributed by atoms with Gasteiger partial charge in [-0.25, -0.2) is 4.79 Å². The molecule has 0 fully saturated rings. The molecule has 2 N–H and O–H groups in total. The molecule has 1 aliphatic rings. The van der Waals surface area contributed by atoms with Crippen LogP contribution in [0.2, 0.25) is 0 Å². The van der Waals surface area contributed by atoms with E-state index in [4.69, 9.17) is 4.74 Å². The Morgan fingerprint density at radius 1 is 1.07 bits per heavy atom. The second-order valence-electron chi connectivity index (χ2n) is 7.74.